The van der Waals surface area contributed by atoms with Crippen LogP contribution in [0.1, 0.15) is 0 Å². The van der Waals surface area contributed by atoms with Gasteiger partial charge in [-0.05, 0) is 0 Å². The van der Waals surface area contributed by atoms with E-state index in [2.05, 4.69) is 0 Å². The number of hydrogen-bond acceptors (Lipinski definition) is 4. The van der Waals surface area contributed by atoms with Gasteiger partial charge in [-0.1, -0.05) is 0 Å². The van der Waals surface area contributed by atoms with Gasteiger partial charge >= 0.3 is 59.1 Å². The first-order chi connectivity index (χ1) is 2.00. The fourth-order valence-corrected chi connectivity index (χ4v) is 0. The molecule has 0 rings (SSSR count). The molecule has 10 heteroatoms. The standard InChI is InChI=1S/Mo.2Na.H2O4S.2H2O/c;;;1-5(2,3)4;;/h;;;(H2,1,2,3,4);2*1H2/q;2*+1;;;/p-2. The van der Waals surface area contributed by atoms with Gasteiger partial charge in [0.25, 0.3) is 0 Å². The predicted molar refractivity (Wildman–Crippen MR) is 17.7 cm³/mol. The minimum Gasteiger partial charge on any atom is -0.759 e. The van der Waals surface area contributed by atoms with Gasteiger partial charge in [0.1, 0.15) is 0 Å². The zero-order chi connectivity index (χ0) is 4.50. The summed E-state index contributed by atoms with van der Waals surface area (Å²) in [5.74, 6) is 0. The first kappa shape index (κ1) is 39.2. The molecule has 10 heavy (non-hydrogen) atoms. The van der Waals surface area contributed by atoms with Gasteiger partial charge in [-0.25, -0.2) is 0 Å². The van der Waals surface area contributed by atoms with E-state index < -0.39 is 10.4 Å². The largest absolute Gasteiger partial charge is 1.00 e. The monoisotopic (exact) mass is 276 g/mol. The Morgan fingerprint density at radius 1 is 0.900 bits per heavy atom. The molecule has 4 N–H and O–H groups in total. The molecular weight excluding hydrogens is 270 g/mol. The van der Waals surface area contributed by atoms with Gasteiger partial charge in [0.05, 0.1) is 0 Å². The molecule has 0 saturated carbocycles. The molecule has 0 saturated heterocycles. The molecule has 6 nitrogen and oxygen atoms in total. The van der Waals surface area contributed by atoms with Gasteiger partial charge < -0.3 is 20.1 Å². The van der Waals surface area contributed by atoms with Crippen LogP contribution in [0.5, 0.6) is 0 Å². The zero-order valence-corrected chi connectivity index (χ0v) is 12.3. The first-order valence-electron chi connectivity index (χ1n) is 0.667. The van der Waals surface area contributed by atoms with Crippen molar-refractivity contribution in [2.75, 3.05) is 0 Å². The smallest absolute Gasteiger partial charge is 0.759 e. The summed E-state index contributed by atoms with van der Waals surface area (Å²) in [4.78, 5) is 0. The van der Waals surface area contributed by atoms with Crippen molar-refractivity contribution < 1.29 is 109 Å². The first-order valence-corrected chi connectivity index (χ1v) is 2.00. The van der Waals surface area contributed by atoms with Crippen LogP contribution in [0.3, 0.4) is 0 Å². The number of hydrogen-bond donors (Lipinski definition) is 0. The molecule has 0 aliphatic heterocycles. The van der Waals surface area contributed by atoms with E-state index in [4.69, 9.17) is 17.5 Å². The Bertz CT molecular complexity index is 98.9. The Morgan fingerprint density at radius 3 is 0.900 bits per heavy atom. The van der Waals surface area contributed by atoms with Gasteiger partial charge in [0, 0.05) is 31.5 Å². The van der Waals surface area contributed by atoms with Crippen LogP contribution in [0, 0.1) is 0 Å². The minimum absolute atomic E-state index is 0. The molecule has 0 amide bonds. The molecule has 0 atom stereocenters. The third-order valence-corrected chi connectivity index (χ3v) is 0. The Kier molecular flexibility index (Phi) is 68.7. The van der Waals surface area contributed by atoms with Crippen molar-refractivity contribution in [2.45, 2.75) is 0 Å². The molecule has 0 radical (unpaired) electrons. The second kappa shape index (κ2) is 17.5. The van der Waals surface area contributed by atoms with Crippen LogP contribution in [-0.4, -0.2) is 28.5 Å². The van der Waals surface area contributed by atoms with Crippen molar-refractivity contribution in [3.8, 4) is 0 Å². The Hall–Kier alpha value is 2.48. The Morgan fingerprint density at radius 2 is 0.900 bits per heavy atom. The second-order valence-electron chi connectivity index (χ2n) is 0.408. The quantitative estimate of drug-likeness (QED) is 0.245. The summed E-state index contributed by atoms with van der Waals surface area (Å²) >= 11 is 0. The molecule has 0 aliphatic carbocycles. The van der Waals surface area contributed by atoms with E-state index in [1.165, 1.54) is 0 Å². The molecule has 0 aromatic rings. The van der Waals surface area contributed by atoms with Gasteiger partial charge in [0.2, 0.25) is 0 Å². The SMILES string of the molecule is O.O.O=S(=O)([O-])[O-].[Mo].[Na+].[Na+]. The Balaban J connectivity index is -0.00000000800. The second-order valence-corrected chi connectivity index (χ2v) is 1.22. The molecule has 0 aliphatic rings. The van der Waals surface area contributed by atoms with Crippen LogP contribution >= 0.6 is 0 Å². The third kappa shape index (κ3) is 153. The average Bonchev–Trinajstić information content (AvgIpc) is 0.722. The van der Waals surface area contributed by atoms with Gasteiger partial charge in [-0.15, -0.1) is 0 Å². The van der Waals surface area contributed by atoms with E-state index in [-0.39, 0.29) is 91.1 Å². The van der Waals surface area contributed by atoms with Crippen LogP contribution in [0.4, 0.5) is 0 Å². The van der Waals surface area contributed by atoms with Crippen molar-refractivity contribution in [3.05, 3.63) is 0 Å². The molecule has 0 spiro atoms. The molecule has 0 aromatic carbocycles. The molecule has 0 heterocycles. The van der Waals surface area contributed by atoms with Crippen LogP contribution in [-0.2, 0) is 31.5 Å². The van der Waals surface area contributed by atoms with E-state index in [1.807, 2.05) is 0 Å². The average molecular weight is 274 g/mol. The molecule has 0 aromatic heterocycles. The summed E-state index contributed by atoms with van der Waals surface area (Å²) in [6.07, 6.45) is 0. The van der Waals surface area contributed by atoms with Gasteiger partial charge in [0.15, 0.2) is 0 Å². The van der Waals surface area contributed by atoms with E-state index >= 15 is 0 Å². The van der Waals surface area contributed by atoms with Gasteiger partial charge in [-0.3, -0.25) is 8.42 Å². The molecule has 0 unspecified atom stereocenters. The van der Waals surface area contributed by atoms with Crippen molar-refractivity contribution >= 4 is 10.4 Å². The number of rotatable bonds is 0. The molecule has 0 bridgehead atoms. The molecule has 0 fully saturated rings. The fraction of sp³-hybridized carbons (Fsp3) is 0. The van der Waals surface area contributed by atoms with E-state index in [0.29, 0.717) is 0 Å². The van der Waals surface area contributed by atoms with Crippen molar-refractivity contribution in [1.29, 1.82) is 0 Å². The van der Waals surface area contributed by atoms with Crippen LogP contribution < -0.4 is 59.1 Å². The summed E-state index contributed by atoms with van der Waals surface area (Å²) < 4.78 is 34.1. The summed E-state index contributed by atoms with van der Waals surface area (Å²) in [5.41, 5.74) is 0. The maximum atomic E-state index is 8.52. The topological polar surface area (TPSA) is 143 Å². The third-order valence-electron chi connectivity index (χ3n) is 0. The summed E-state index contributed by atoms with van der Waals surface area (Å²) in [6.45, 7) is 0. The maximum absolute atomic E-state index is 8.52. The van der Waals surface area contributed by atoms with E-state index in [0.717, 1.165) is 0 Å². The molecular formula is H4MoNa2O6S. The molecule has 54 valence electrons. The summed E-state index contributed by atoms with van der Waals surface area (Å²) in [7, 11) is -5.17. The van der Waals surface area contributed by atoms with Crippen molar-refractivity contribution in [3.63, 3.8) is 0 Å². The van der Waals surface area contributed by atoms with Crippen LogP contribution in [0.15, 0.2) is 0 Å². The fourth-order valence-electron chi connectivity index (χ4n) is 0. The summed E-state index contributed by atoms with van der Waals surface area (Å²) in [5, 5.41) is 0. The maximum Gasteiger partial charge on any atom is 1.00 e. The van der Waals surface area contributed by atoms with Crippen molar-refractivity contribution in [1.82, 2.24) is 0 Å². The minimum atomic E-state index is -5.17. The summed E-state index contributed by atoms with van der Waals surface area (Å²) in [6, 6.07) is 0. The van der Waals surface area contributed by atoms with Crippen LogP contribution in [0.2, 0.25) is 0 Å². The van der Waals surface area contributed by atoms with E-state index in [9.17, 15) is 0 Å². The normalized spacial score (nSPS) is 5.80. The van der Waals surface area contributed by atoms with Gasteiger partial charge in [-0.2, -0.15) is 0 Å². The predicted octanol–water partition coefficient (Wildman–Crippen LogP) is -8.98. The van der Waals surface area contributed by atoms with E-state index in [1.54, 1.807) is 0 Å². The zero-order valence-electron chi connectivity index (χ0n) is 5.45. The van der Waals surface area contributed by atoms with Crippen LogP contribution in [0.25, 0.3) is 0 Å². The Labute approximate surface area is 117 Å². The van der Waals surface area contributed by atoms with Crippen molar-refractivity contribution in [2.24, 2.45) is 0 Å².